The molecule has 140 valence electrons. The molecule has 0 bridgehead atoms. The molecule has 1 aromatic heterocycles. The molecule has 2 aromatic rings. The third kappa shape index (κ3) is 4.62. The monoisotopic (exact) mass is 361 g/mol. The van der Waals surface area contributed by atoms with Crippen LogP contribution in [0, 0.1) is 6.92 Å². The minimum Gasteiger partial charge on any atom is -0.480 e. The van der Waals surface area contributed by atoms with Crippen molar-refractivity contribution in [2.24, 2.45) is 0 Å². The van der Waals surface area contributed by atoms with Crippen molar-refractivity contribution >= 4 is 22.8 Å². The summed E-state index contributed by atoms with van der Waals surface area (Å²) < 4.78 is 11.0. The molecule has 26 heavy (non-hydrogen) atoms. The second kappa shape index (κ2) is 8.51. The van der Waals surface area contributed by atoms with Crippen LogP contribution in [0.4, 0.5) is 0 Å². The van der Waals surface area contributed by atoms with E-state index in [2.05, 4.69) is 12.2 Å². The minimum absolute atomic E-state index is 0.409. The van der Waals surface area contributed by atoms with Crippen LogP contribution in [-0.2, 0) is 16.0 Å². The third-order valence-corrected chi connectivity index (χ3v) is 4.08. The van der Waals surface area contributed by atoms with E-state index >= 15 is 0 Å². The number of carbonyl (C=O) groups is 2. The Bertz CT molecular complexity index is 870. The normalized spacial score (nSPS) is 12.0. The summed E-state index contributed by atoms with van der Waals surface area (Å²) in [5.74, 6) is -1.26. The lowest BCUT2D eigenvalue weighted by atomic mass is 10.0. The summed E-state index contributed by atoms with van der Waals surface area (Å²) in [6, 6.07) is 5.06. The van der Waals surface area contributed by atoms with Crippen LogP contribution in [0.2, 0.25) is 0 Å². The van der Waals surface area contributed by atoms with Gasteiger partial charge in [0.05, 0.1) is 0 Å². The van der Waals surface area contributed by atoms with Crippen molar-refractivity contribution in [1.29, 1.82) is 0 Å². The number of hydrogen-bond acceptors (Lipinski definition) is 5. The Labute approximate surface area is 151 Å². The van der Waals surface area contributed by atoms with Crippen LogP contribution >= 0.6 is 0 Å². The Morgan fingerprint density at radius 1 is 1.35 bits per heavy atom. The second-order valence-corrected chi connectivity index (χ2v) is 6.13. The molecule has 1 heterocycles. The first-order valence-corrected chi connectivity index (χ1v) is 8.56. The van der Waals surface area contributed by atoms with Crippen LogP contribution < -0.4 is 15.7 Å². The largest absolute Gasteiger partial charge is 0.480 e. The minimum atomic E-state index is -1.13. The molecule has 1 amide bonds. The van der Waals surface area contributed by atoms with Crippen molar-refractivity contribution < 1.29 is 23.8 Å². The van der Waals surface area contributed by atoms with E-state index in [1.54, 1.807) is 13.0 Å². The molecule has 0 fully saturated rings. The van der Waals surface area contributed by atoms with Crippen molar-refractivity contribution in [3.8, 4) is 5.75 Å². The molecular weight excluding hydrogens is 338 g/mol. The van der Waals surface area contributed by atoms with E-state index in [0.29, 0.717) is 16.9 Å². The summed E-state index contributed by atoms with van der Waals surface area (Å²) in [6.45, 7) is 4.89. The zero-order chi connectivity index (χ0) is 19.3. The van der Waals surface area contributed by atoms with Crippen LogP contribution in [0.3, 0.4) is 0 Å². The molecule has 0 aliphatic rings. The van der Waals surface area contributed by atoms with Gasteiger partial charge in [0.15, 0.2) is 6.10 Å². The molecule has 2 rings (SSSR count). The summed E-state index contributed by atoms with van der Waals surface area (Å²) in [7, 11) is 0. The number of aryl methyl sites for hydroxylation is 2. The first-order valence-electron chi connectivity index (χ1n) is 8.56. The predicted molar refractivity (Wildman–Crippen MR) is 96.6 cm³/mol. The number of hydrogen-bond donors (Lipinski definition) is 2. The highest BCUT2D eigenvalue weighted by Crippen LogP contribution is 2.29. The van der Waals surface area contributed by atoms with Crippen molar-refractivity contribution in [3.05, 3.63) is 39.7 Å². The average molecular weight is 361 g/mol. The maximum absolute atomic E-state index is 11.9. The Morgan fingerprint density at radius 2 is 2.08 bits per heavy atom. The lowest BCUT2D eigenvalue weighted by molar-refractivity contribution is -0.139. The Morgan fingerprint density at radius 3 is 2.73 bits per heavy atom. The first kappa shape index (κ1) is 19.5. The molecule has 0 unspecified atom stereocenters. The molecule has 0 aliphatic heterocycles. The topological polar surface area (TPSA) is 106 Å². The number of carboxylic acid groups (broad SMARTS) is 1. The van der Waals surface area contributed by atoms with Gasteiger partial charge in [0.25, 0.3) is 5.91 Å². The molecule has 1 atom stereocenters. The summed E-state index contributed by atoms with van der Waals surface area (Å²) in [4.78, 5) is 34.3. The summed E-state index contributed by atoms with van der Waals surface area (Å²) >= 11 is 0. The maximum atomic E-state index is 11.9. The van der Waals surface area contributed by atoms with E-state index < -0.39 is 30.2 Å². The highest BCUT2D eigenvalue weighted by molar-refractivity contribution is 5.86. The number of benzene rings is 1. The average Bonchev–Trinajstić information content (AvgIpc) is 2.60. The Kier molecular flexibility index (Phi) is 6.38. The van der Waals surface area contributed by atoms with Crippen LogP contribution in [0.5, 0.6) is 5.75 Å². The second-order valence-electron chi connectivity index (χ2n) is 6.13. The van der Waals surface area contributed by atoms with Crippen molar-refractivity contribution in [2.45, 2.75) is 46.1 Å². The van der Waals surface area contributed by atoms with Gasteiger partial charge in [-0.25, -0.2) is 4.79 Å². The Balaban J connectivity index is 2.29. The van der Waals surface area contributed by atoms with Crippen molar-refractivity contribution in [3.63, 3.8) is 0 Å². The van der Waals surface area contributed by atoms with Crippen LogP contribution in [0.1, 0.15) is 37.8 Å². The summed E-state index contributed by atoms with van der Waals surface area (Å²) in [5, 5.41) is 11.7. The smallest absolute Gasteiger partial charge is 0.336 e. The molecule has 0 spiro atoms. The summed E-state index contributed by atoms with van der Waals surface area (Å²) in [5.41, 5.74) is 1.58. The third-order valence-electron chi connectivity index (χ3n) is 4.08. The molecule has 1 aromatic carbocycles. The highest BCUT2D eigenvalue weighted by atomic mass is 16.5. The van der Waals surface area contributed by atoms with E-state index in [1.165, 1.54) is 13.0 Å². The molecule has 7 nitrogen and oxygen atoms in total. The van der Waals surface area contributed by atoms with Gasteiger partial charge in [-0.15, -0.1) is 0 Å². The van der Waals surface area contributed by atoms with Gasteiger partial charge in [0, 0.05) is 17.0 Å². The predicted octanol–water partition coefficient (Wildman–Crippen LogP) is 2.41. The number of rotatable bonds is 8. The fraction of sp³-hybridized carbons (Fsp3) is 0.421. The van der Waals surface area contributed by atoms with Crippen molar-refractivity contribution in [1.82, 2.24) is 5.32 Å². The van der Waals surface area contributed by atoms with E-state index in [9.17, 15) is 14.4 Å². The maximum Gasteiger partial charge on any atom is 0.336 e. The van der Waals surface area contributed by atoms with Crippen LogP contribution in [0.25, 0.3) is 11.0 Å². The number of carbonyl (C=O) groups excluding carboxylic acids is 1. The molecule has 0 radical (unpaired) electrons. The van der Waals surface area contributed by atoms with E-state index in [1.807, 2.05) is 6.07 Å². The van der Waals surface area contributed by atoms with Gasteiger partial charge < -0.3 is 19.6 Å². The lowest BCUT2D eigenvalue weighted by Crippen LogP contribution is -2.39. The van der Waals surface area contributed by atoms with Crippen LogP contribution in [0.15, 0.2) is 27.4 Å². The fourth-order valence-corrected chi connectivity index (χ4v) is 2.66. The SMILES string of the molecule is CCCCc1cc(=O)oc2c(C)c(O[C@H](C)C(=O)NCC(=O)O)ccc12. The van der Waals surface area contributed by atoms with E-state index in [4.69, 9.17) is 14.3 Å². The quantitative estimate of drug-likeness (QED) is 0.700. The number of carboxylic acids is 1. The number of ether oxygens (including phenoxy) is 1. The van der Waals surface area contributed by atoms with Gasteiger partial charge in [0.2, 0.25) is 0 Å². The lowest BCUT2D eigenvalue weighted by Gasteiger charge is -2.17. The van der Waals surface area contributed by atoms with E-state index in [0.717, 1.165) is 30.2 Å². The van der Waals surface area contributed by atoms with Crippen LogP contribution in [-0.4, -0.2) is 29.6 Å². The van der Waals surface area contributed by atoms with Gasteiger partial charge in [-0.1, -0.05) is 13.3 Å². The highest BCUT2D eigenvalue weighted by Gasteiger charge is 2.18. The number of nitrogens with one attached hydrogen (secondary N) is 1. The molecule has 0 aliphatic carbocycles. The van der Waals surface area contributed by atoms with Crippen molar-refractivity contribution in [2.75, 3.05) is 6.54 Å². The molecule has 0 saturated heterocycles. The van der Waals surface area contributed by atoms with Gasteiger partial charge in [0.1, 0.15) is 17.9 Å². The van der Waals surface area contributed by atoms with Gasteiger partial charge in [-0.05, 0) is 44.4 Å². The van der Waals surface area contributed by atoms with Gasteiger partial charge in [-0.2, -0.15) is 0 Å². The molecule has 0 saturated carbocycles. The van der Waals surface area contributed by atoms with Gasteiger partial charge in [-0.3, -0.25) is 9.59 Å². The fourth-order valence-electron chi connectivity index (χ4n) is 2.66. The number of amides is 1. The number of fused-ring (bicyclic) bond motifs is 1. The standard InChI is InChI=1S/C19H23NO6/c1-4-5-6-13-9-17(23)26-18-11(2)15(8-7-14(13)18)25-12(3)19(24)20-10-16(21)22/h7-9,12H,4-6,10H2,1-3H3,(H,20,24)(H,21,22)/t12-/m1/s1. The first-order chi connectivity index (χ1) is 12.3. The molecular formula is C19H23NO6. The zero-order valence-electron chi connectivity index (χ0n) is 15.1. The van der Waals surface area contributed by atoms with Gasteiger partial charge >= 0.3 is 11.6 Å². The summed E-state index contributed by atoms with van der Waals surface area (Å²) in [6.07, 6.45) is 1.88. The number of unbranched alkanes of at least 4 members (excludes halogenated alkanes) is 1. The zero-order valence-corrected chi connectivity index (χ0v) is 15.1. The van der Waals surface area contributed by atoms with E-state index in [-0.39, 0.29) is 0 Å². The Hall–Kier alpha value is -2.83. The molecule has 2 N–H and O–H groups in total. The number of aliphatic carboxylic acids is 1. The molecule has 7 heteroatoms.